The predicted molar refractivity (Wildman–Crippen MR) is 103 cm³/mol. The number of quaternary nitrogens is 1. The third kappa shape index (κ3) is 4.92. The summed E-state index contributed by atoms with van der Waals surface area (Å²) in [6.45, 7) is 7.29. The van der Waals surface area contributed by atoms with Gasteiger partial charge in [0.15, 0.2) is 0 Å². The summed E-state index contributed by atoms with van der Waals surface area (Å²) in [6.07, 6.45) is 1.85. The Morgan fingerprint density at radius 1 is 1.12 bits per heavy atom. The van der Waals surface area contributed by atoms with Gasteiger partial charge in [0, 0.05) is 5.56 Å². The molecule has 0 atom stereocenters. The van der Waals surface area contributed by atoms with Crippen LogP contribution < -0.4 is 4.90 Å². The Balaban J connectivity index is 1.48. The number of hydrogen-bond donors (Lipinski definition) is 1. The zero-order valence-corrected chi connectivity index (χ0v) is 15.4. The summed E-state index contributed by atoms with van der Waals surface area (Å²) in [5, 5.41) is 6.70. The van der Waals surface area contributed by atoms with E-state index in [1.54, 1.807) is 17.0 Å². The topological polar surface area (TPSA) is 46.3 Å². The molecular weight excluding hydrogens is 326 g/mol. The van der Waals surface area contributed by atoms with Crippen LogP contribution in [0.25, 0.3) is 0 Å². The van der Waals surface area contributed by atoms with Crippen LogP contribution in [0.15, 0.2) is 53.6 Å². The molecule has 2 aromatic carbocycles. The predicted octanol–water partition coefficient (Wildman–Crippen LogP) is 1.52. The van der Waals surface area contributed by atoms with Gasteiger partial charge in [-0.3, -0.25) is 5.01 Å². The number of benzene rings is 2. The van der Waals surface area contributed by atoms with Crippen molar-refractivity contribution in [2.24, 2.45) is 5.10 Å². The first-order valence-corrected chi connectivity index (χ1v) is 9.00. The lowest BCUT2D eigenvalue weighted by Crippen LogP contribution is -3.13. The molecule has 3 rings (SSSR count). The number of esters is 1. The van der Waals surface area contributed by atoms with E-state index in [1.165, 1.54) is 18.2 Å². The molecule has 0 radical (unpaired) electrons. The molecule has 0 bridgehead atoms. The average Bonchev–Trinajstić information content (AvgIpc) is 2.69. The van der Waals surface area contributed by atoms with Crippen LogP contribution in [0.3, 0.4) is 0 Å². The monoisotopic (exact) mass is 352 g/mol. The molecule has 0 aliphatic carbocycles. The Kier molecular flexibility index (Phi) is 6.02. The summed E-state index contributed by atoms with van der Waals surface area (Å²) >= 11 is 0. The first kappa shape index (κ1) is 18.1. The molecule has 2 aromatic rings. The molecule has 1 heterocycles. The second kappa shape index (κ2) is 8.63. The fourth-order valence-electron chi connectivity index (χ4n) is 3.07. The Labute approximate surface area is 154 Å². The van der Waals surface area contributed by atoms with E-state index in [0.29, 0.717) is 5.56 Å². The van der Waals surface area contributed by atoms with E-state index in [0.717, 1.165) is 38.3 Å². The van der Waals surface area contributed by atoms with Gasteiger partial charge in [-0.05, 0) is 24.6 Å². The third-order valence-corrected chi connectivity index (χ3v) is 4.72. The second-order valence-corrected chi connectivity index (χ2v) is 6.72. The van der Waals surface area contributed by atoms with Gasteiger partial charge in [-0.1, -0.05) is 42.0 Å². The van der Waals surface area contributed by atoms with Gasteiger partial charge < -0.3 is 9.64 Å². The maximum atomic E-state index is 11.4. The van der Waals surface area contributed by atoms with Crippen LogP contribution in [0.4, 0.5) is 0 Å². The molecule has 0 aromatic heterocycles. The number of nitrogens with zero attached hydrogens (tertiary/aromatic N) is 2. The molecule has 1 aliphatic rings. The van der Waals surface area contributed by atoms with E-state index in [2.05, 4.69) is 41.3 Å². The number of methoxy groups -OCH3 is 1. The summed E-state index contributed by atoms with van der Waals surface area (Å²) < 4.78 is 4.71. The van der Waals surface area contributed by atoms with Crippen LogP contribution >= 0.6 is 0 Å². The molecule has 0 spiro atoms. The quantitative estimate of drug-likeness (QED) is 0.656. The number of aryl methyl sites for hydroxylation is 1. The molecular formula is C21H26N3O2+. The highest BCUT2D eigenvalue weighted by atomic mass is 16.5. The van der Waals surface area contributed by atoms with Crippen molar-refractivity contribution in [3.05, 3.63) is 70.8 Å². The standard InChI is InChI=1S/C21H25N3O2/c1-17-3-5-19(6-4-17)16-23-11-13-24(14-12-23)22-15-18-7-9-20(10-8-18)21(25)26-2/h3-10,15H,11-14,16H2,1-2H3/p+1/b22-15+. The Hall–Kier alpha value is -2.66. The average molecular weight is 352 g/mol. The molecule has 1 saturated heterocycles. The summed E-state index contributed by atoms with van der Waals surface area (Å²) in [5.74, 6) is -0.318. The number of piperazine rings is 1. The van der Waals surface area contributed by atoms with Crippen LogP contribution in [-0.4, -0.2) is 50.5 Å². The zero-order chi connectivity index (χ0) is 18.4. The lowest BCUT2D eigenvalue weighted by atomic mass is 10.1. The van der Waals surface area contributed by atoms with Crippen LogP contribution in [0, 0.1) is 6.92 Å². The molecule has 1 N–H and O–H groups in total. The number of nitrogens with one attached hydrogen (secondary N) is 1. The van der Waals surface area contributed by atoms with E-state index < -0.39 is 0 Å². The minimum absolute atomic E-state index is 0.318. The van der Waals surface area contributed by atoms with E-state index in [9.17, 15) is 4.79 Å². The van der Waals surface area contributed by atoms with Crippen LogP contribution in [0.5, 0.6) is 0 Å². The second-order valence-electron chi connectivity index (χ2n) is 6.72. The Morgan fingerprint density at radius 3 is 2.38 bits per heavy atom. The number of rotatable bonds is 5. The largest absolute Gasteiger partial charge is 0.465 e. The van der Waals surface area contributed by atoms with Crippen molar-refractivity contribution in [3.63, 3.8) is 0 Å². The van der Waals surface area contributed by atoms with Crippen molar-refractivity contribution in [2.75, 3.05) is 33.3 Å². The maximum absolute atomic E-state index is 11.4. The summed E-state index contributed by atoms with van der Waals surface area (Å²) in [7, 11) is 1.39. The minimum Gasteiger partial charge on any atom is -0.465 e. The lowest BCUT2D eigenvalue weighted by molar-refractivity contribution is -0.918. The molecule has 0 saturated carbocycles. The molecule has 5 nitrogen and oxygen atoms in total. The van der Waals surface area contributed by atoms with Gasteiger partial charge in [0.1, 0.15) is 6.54 Å². The van der Waals surface area contributed by atoms with Gasteiger partial charge in [-0.25, -0.2) is 4.79 Å². The fraction of sp³-hybridized carbons (Fsp3) is 0.333. The van der Waals surface area contributed by atoms with Gasteiger partial charge in [0.2, 0.25) is 0 Å². The van der Waals surface area contributed by atoms with Crippen molar-refractivity contribution in [3.8, 4) is 0 Å². The maximum Gasteiger partial charge on any atom is 0.337 e. The summed E-state index contributed by atoms with van der Waals surface area (Å²) in [4.78, 5) is 13.0. The van der Waals surface area contributed by atoms with Crippen LogP contribution in [0.1, 0.15) is 27.0 Å². The summed E-state index contributed by atoms with van der Waals surface area (Å²) in [6, 6.07) is 16.1. The van der Waals surface area contributed by atoms with Crippen molar-refractivity contribution >= 4 is 12.2 Å². The van der Waals surface area contributed by atoms with Gasteiger partial charge in [-0.15, -0.1) is 0 Å². The Bertz CT molecular complexity index is 746. The first-order chi connectivity index (χ1) is 12.6. The molecule has 5 heteroatoms. The van der Waals surface area contributed by atoms with E-state index >= 15 is 0 Å². The van der Waals surface area contributed by atoms with Gasteiger partial charge >= 0.3 is 5.97 Å². The highest BCUT2D eigenvalue weighted by Gasteiger charge is 2.18. The number of ether oxygens (including phenoxy) is 1. The normalized spacial score (nSPS) is 15.4. The van der Waals surface area contributed by atoms with Gasteiger partial charge in [-0.2, -0.15) is 5.10 Å². The number of hydrazone groups is 1. The first-order valence-electron chi connectivity index (χ1n) is 9.00. The van der Waals surface area contributed by atoms with E-state index in [4.69, 9.17) is 4.74 Å². The fourth-order valence-corrected chi connectivity index (χ4v) is 3.07. The minimum atomic E-state index is -0.318. The van der Waals surface area contributed by atoms with E-state index in [1.807, 2.05) is 18.3 Å². The van der Waals surface area contributed by atoms with Crippen molar-refractivity contribution in [2.45, 2.75) is 13.5 Å². The number of carbonyl (C=O) groups excluding carboxylic acids is 1. The third-order valence-electron chi connectivity index (χ3n) is 4.72. The van der Waals surface area contributed by atoms with Crippen molar-refractivity contribution in [1.82, 2.24) is 5.01 Å². The highest BCUT2D eigenvalue weighted by molar-refractivity contribution is 5.90. The molecule has 0 amide bonds. The smallest absolute Gasteiger partial charge is 0.337 e. The van der Waals surface area contributed by atoms with Gasteiger partial charge in [0.25, 0.3) is 0 Å². The Morgan fingerprint density at radius 2 is 1.77 bits per heavy atom. The van der Waals surface area contributed by atoms with Crippen molar-refractivity contribution < 1.29 is 14.4 Å². The lowest BCUT2D eigenvalue weighted by Gasteiger charge is -2.30. The SMILES string of the molecule is COC(=O)c1ccc(/C=N/N2CC[NH+](Cc3ccc(C)cc3)CC2)cc1. The molecule has 26 heavy (non-hydrogen) atoms. The van der Waals surface area contributed by atoms with Crippen LogP contribution in [-0.2, 0) is 11.3 Å². The number of hydrogen-bond acceptors (Lipinski definition) is 4. The van der Waals surface area contributed by atoms with Crippen molar-refractivity contribution in [1.29, 1.82) is 0 Å². The van der Waals surface area contributed by atoms with E-state index in [-0.39, 0.29) is 5.97 Å². The molecule has 0 unspecified atom stereocenters. The van der Waals surface area contributed by atoms with Gasteiger partial charge in [0.05, 0.1) is 45.1 Å². The zero-order valence-electron chi connectivity index (χ0n) is 15.4. The molecule has 136 valence electrons. The molecule has 1 fully saturated rings. The highest BCUT2D eigenvalue weighted by Crippen LogP contribution is 2.05. The molecule has 1 aliphatic heterocycles. The number of carbonyl (C=O) groups is 1. The van der Waals surface area contributed by atoms with Crippen LogP contribution in [0.2, 0.25) is 0 Å². The summed E-state index contributed by atoms with van der Waals surface area (Å²) in [5.41, 5.74) is 4.24.